The summed E-state index contributed by atoms with van der Waals surface area (Å²) in [4.78, 5) is 6.18. The van der Waals surface area contributed by atoms with Crippen molar-refractivity contribution in [3.8, 4) is 6.07 Å². The molecule has 1 aromatic rings. The standard InChI is InChI=1S/C14H19N3O/c1-11-5-8-16-13(12(11)9-15)17(2)10-14(18)6-3-4-7-14/h5,8,18H,3-4,6-7,10H2,1-2H3. The zero-order valence-corrected chi connectivity index (χ0v) is 11.0. The van der Waals surface area contributed by atoms with E-state index in [1.807, 2.05) is 24.9 Å². The van der Waals surface area contributed by atoms with Crippen molar-refractivity contribution in [2.45, 2.75) is 38.2 Å². The maximum Gasteiger partial charge on any atom is 0.146 e. The van der Waals surface area contributed by atoms with Crippen LogP contribution in [0.2, 0.25) is 0 Å². The van der Waals surface area contributed by atoms with Gasteiger partial charge in [0.05, 0.1) is 11.2 Å². The molecule has 1 aliphatic carbocycles. The number of aryl methyl sites for hydroxylation is 1. The number of likely N-dealkylation sites (N-methyl/N-ethyl adjacent to an activating group) is 1. The Bertz CT molecular complexity index is 472. The van der Waals surface area contributed by atoms with Gasteiger partial charge in [-0.2, -0.15) is 5.26 Å². The first-order valence-electron chi connectivity index (χ1n) is 6.35. The molecule has 1 fully saturated rings. The summed E-state index contributed by atoms with van der Waals surface area (Å²) in [5, 5.41) is 19.6. The van der Waals surface area contributed by atoms with Gasteiger partial charge in [0.2, 0.25) is 0 Å². The average Bonchev–Trinajstić information content (AvgIpc) is 2.75. The minimum absolute atomic E-state index is 0.540. The molecule has 0 bridgehead atoms. The first-order chi connectivity index (χ1) is 8.56. The number of aromatic nitrogens is 1. The summed E-state index contributed by atoms with van der Waals surface area (Å²) in [5.41, 5.74) is 0.904. The molecule has 1 heterocycles. The van der Waals surface area contributed by atoms with E-state index in [1.54, 1.807) is 6.20 Å². The monoisotopic (exact) mass is 245 g/mol. The second kappa shape index (κ2) is 4.95. The van der Waals surface area contributed by atoms with E-state index in [0.717, 1.165) is 31.2 Å². The molecule has 1 N–H and O–H groups in total. The first kappa shape index (κ1) is 12.8. The fourth-order valence-corrected chi connectivity index (χ4v) is 2.68. The molecule has 1 saturated carbocycles. The summed E-state index contributed by atoms with van der Waals surface area (Å²) in [6, 6.07) is 4.03. The van der Waals surface area contributed by atoms with Gasteiger partial charge in [-0.15, -0.1) is 0 Å². The number of anilines is 1. The fourth-order valence-electron chi connectivity index (χ4n) is 2.68. The third kappa shape index (κ3) is 2.46. The molecule has 0 radical (unpaired) electrons. The van der Waals surface area contributed by atoms with Crippen molar-refractivity contribution in [3.63, 3.8) is 0 Å². The summed E-state index contributed by atoms with van der Waals surface area (Å²) in [6.07, 6.45) is 5.55. The van der Waals surface area contributed by atoms with Gasteiger partial charge in [0.15, 0.2) is 0 Å². The van der Waals surface area contributed by atoms with Gasteiger partial charge in [-0.1, -0.05) is 12.8 Å². The van der Waals surface area contributed by atoms with Gasteiger partial charge >= 0.3 is 0 Å². The zero-order chi connectivity index (χ0) is 13.2. The van der Waals surface area contributed by atoms with Gasteiger partial charge in [0.1, 0.15) is 11.9 Å². The smallest absolute Gasteiger partial charge is 0.146 e. The molecule has 0 atom stereocenters. The molecular formula is C14H19N3O. The molecule has 0 unspecified atom stereocenters. The summed E-state index contributed by atoms with van der Waals surface area (Å²) in [6.45, 7) is 2.44. The Hall–Kier alpha value is -1.60. The molecular weight excluding hydrogens is 226 g/mol. The highest BCUT2D eigenvalue weighted by atomic mass is 16.3. The highest BCUT2D eigenvalue weighted by Gasteiger charge is 2.33. The lowest BCUT2D eigenvalue weighted by Crippen LogP contribution is -2.39. The second-order valence-corrected chi connectivity index (χ2v) is 5.23. The number of pyridine rings is 1. The number of rotatable bonds is 3. The summed E-state index contributed by atoms with van der Waals surface area (Å²) in [7, 11) is 1.89. The molecule has 2 rings (SSSR count). The highest BCUT2D eigenvalue weighted by molar-refractivity contribution is 5.56. The van der Waals surface area contributed by atoms with E-state index in [1.165, 1.54) is 0 Å². The van der Waals surface area contributed by atoms with Crippen LogP contribution in [-0.4, -0.2) is 29.3 Å². The van der Waals surface area contributed by atoms with E-state index < -0.39 is 5.60 Å². The number of nitriles is 1. The van der Waals surface area contributed by atoms with Crippen LogP contribution in [0.4, 0.5) is 5.82 Å². The van der Waals surface area contributed by atoms with Crippen LogP contribution < -0.4 is 4.90 Å². The predicted octanol–water partition coefficient (Wildman–Crippen LogP) is 2.00. The van der Waals surface area contributed by atoms with Crippen molar-refractivity contribution in [2.75, 3.05) is 18.5 Å². The Morgan fingerprint density at radius 1 is 1.50 bits per heavy atom. The lowest BCUT2D eigenvalue weighted by atomic mass is 10.0. The van der Waals surface area contributed by atoms with Crippen LogP contribution in [0.1, 0.15) is 36.8 Å². The van der Waals surface area contributed by atoms with Gasteiger partial charge in [-0.25, -0.2) is 4.98 Å². The largest absolute Gasteiger partial charge is 0.388 e. The van der Waals surface area contributed by atoms with Crippen LogP contribution in [0.3, 0.4) is 0 Å². The molecule has 4 nitrogen and oxygen atoms in total. The zero-order valence-electron chi connectivity index (χ0n) is 11.0. The fraction of sp³-hybridized carbons (Fsp3) is 0.571. The minimum atomic E-state index is -0.618. The summed E-state index contributed by atoms with van der Waals surface area (Å²) in [5.74, 6) is 0.665. The van der Waals surface area contributed by atoms with Crippen LogP contribution in [-0.2, 0) is 0 Å². The SMILES string of the molecule is Cc1ccnc(N(C)CC2(O)CCCC2)c1C#N. The molecule has 4 heteroatoms. The van der Waals surface area contributed by atoms with Crippen molar-refractivity contribution >= 4 is 5.82 Å². The number of aliphatic hydroxyl groups is 1. The Kier molecular flexibility index (Phi) is 3.53. The summed E-state index contributed by atoms with van der Waals surface area (Å²) < 4.78 is 0. The Morgan fingerprint density at radius 3 is 2.78 bits per heavy atom. The molecule has 0 aromatic carbocycles. The van der Waals surface area contributed by atoms with Crippen molar-refractivity contribution in [1.29, 1.82) is 5.26 Å². The van der Waals surface area contributed by atoms with Crippen molar-refractivity contribution in [3.05, 3.63) is 23.4 Å². The van der Waals surface area contributed by atoms with Crippen LogP contribution in [0.25, 0.3) is 0 Å². The topological polar surface area (TPSA) is 60.1 Å². The molecule has 0 spiro atoms. The molecule has 0 saturated heterocycles. The highest BCUT2D eigenvalue weighted by Crippen LogP contribution is 2.31. The van der Waals surface area contributed by atoms with E-state index in [-0.39, 0.29) is 0 Å². The first-order valence-corrected chi connectivity index (χ1v) is 6.35. The second-order valence-electron chi connectivity index (χ2n) is 5.23. The van der Waals surface area contributed by atoms with E-state index >= 15 is 0 Å². The van der Waals surface area contributed by atoms with Crippen molar-refractivity contribution in [2.24, 2.45) is 0 Å². The van der Waals surface area contributed by atoms with Gasteiger partial charge in [-0.3, -0.25) is 0 Å². The van der Waals surface area contributed by atoms with Crippen LogP contribution in [0.5, 0.6) is 0 Å². The Balaban J connectivity index is 2.21. The van der Waals surface area contributed by atoms with E-state index in [9.17, 15) is 10.4 Å². The van der Waals surface area contributed by atoms with Gasteiger partial charge in [0, 0.05) is 19.8 Å². The van der Waals surface area contributed by atoms with Crippen molar-refractivity contribution < 1.29 is 5.11 Å². The van der Waals surface area contributed by atoms with E-state index in [4.69, 9.17) is 0 Å². The third-order valence-corrected chi connectivity index (χ3v) is 3.68. The van der Waals surface area contributed by atoms with Crippen LogP contribution in [0, 0.1) is 18.3 Å². The lowest BCUT2D eigenvalue weighted by Gasteiger charge is -2.29. The number of hydrogen-bond donors (Lipinski definition) is 1. The quantitative estimate of drug-likeness (QED) is 0.884. The Morgan fingerprint density at radius 2 is 2.17 bits per heavy atom. The number of hydrogen-bond acceptors (Lipinski definition) is 4. The lowest BCUT2D eigenvalue weighted by molar-refractivity contribution is 0.0558. The van der Waals surface area contributed by atoms with Gasteiger partial charge in [0.25, 0.3) is 0 Å². The number of nitrogens with zero attached hydrogens (tertiary/aromatic N) is 3. The molecule has 0 aliphatic heterocycles. The van der Waals surface area contributed by atoms with Crippen molar-refractivity contribution in [1.82, 2.24) is 4.98 Å². The van der Waals surface area contributed by atoms with Gasteiger partial charge < -0.3 is 10.0 Å². The van der Waals surface area contributed by atoms with Crippen LogP contribution in [0.15, 0.2) is 12.3 Å². The van der Waals surface area contributed by atoms with Gasteiger partial charge in [-0.05, 0) is 31.4 Å². The maximum absolute atomic E-state index is 10.4. The van der Waals surface area contributed by atoms with Crippen LogP contribution >= 0.6 is 0 Å². The molecule has 1 aromatic heterocycles. The Labute approximate surface area is 108 Å². The summed E-state index contributed by atoms with van der Waals surface area (Å²) >= 11 is 0. The van der Waals surface area contributed by atoms with E-state index in [2.05, 4.69) is 11.1 Å². The normalized spacial score (nSPS) is 17.4. The molecule has 0 amide bonds. The maximum atomic E-state index is 10.4. The minimum Gasteiger partial charge on any atom is -0.388 e. The van der Waals surface area contributed by atoms with E-state index in [0.29, 0.717) is 17.9 Å². The average molecular weight is 245 g/mol. The molecule has 18 heavy (non-hydrogen) atoms. The predicted molar refractivity (Wildman–Crippen MR) is 70.4 cm³/mol. The molecule has 96 valence electrons. The molecule has 1 aliphatic rings. The third-order valence-electron chi connectivity index (χ3n) is 3.68.